The van der Waals surface area contributed by atoms with Crippen LogP contribution >= 0.6 is 0 Å². The molecule has 0 radical (unpaired) electrons. The monoisotopic (exact) mass is 458 g/mol. The molecule has 0 spiro atoms. The first kappa shape index (κ1) is 23.6. The van der Waals surface area contributed by atoms with E-state index in [9.17, 15) is 22.8 Å². The molecule has 2 aromatic rings. The van der Waals surface area contributed by atoms with Crippen LogP contribution in [-0.2, 0) is 19.6 Å². The number of benzene rings is 2. The summed E-state index contributed by atoms with van der Waals surface area (Å²) in [5.74, 6) is -1.55. The zero-order chi connectivity index (χ0) is 23.3. The Kier molecular flexibility index (Phi) is 7.42. The lowest BCUT2D eigenvalue weighted by atomic mass is 10.1. The van der Waals surface area contributed by atoms with Crippen molar-refractivity contribution in [3.63, 3.8) is 0 Å². The molecule has 0 bridgehead atoms. The minimum atomic E-state index is -3.64. The molecule has 2 aromatic carbocycles. The number of rotatable bonds is 7. The quantitative estimate of drug-likeness (QED) is 0.504. The molecule has 8 nitrogen and oxygen atoms in total. The van der Waals surface area contributed by atoms with Gasteiger partial charge in [0.2, 0.25) is 10.0 Å². The molecule has 1 fully saturated rings. The van der Waals surface area contributed by atoms with Gasteiger partial charge in [-0.1, -0.05) is 18.6 Å². The van der Waals surface area contributed by atoms with Gasteiger partial charge in [0.1, 0.15) is 0 Å². The second-order valence-electron chi connectivity index (χ2n) is 7.71. The van der Waals surface area contributed by atoms with Crippen LogP contribution in [0.3, 0.4) is 0 Å². The van der Waals surface area contributed by atoms with E-state index in [1.807, 2.05) is 6.92 Å². The van der Waals surface area contributed by atoms with Gasteiger partial charge in [-0.2, -0.15) is 4.31 Å². The Morgan fingerprint density at radius 1 is 1.06 bits per heavy atom. The molecule has 170 valence electrons. The van der Waals surface area contributed by atoms with Crippen LogP contribution in [0, 0.1) is 0 Å². The Bertz CT molecular complexity index is 1110. The van der Waals surface area contributed by atoms with Gasteiger partial charge in [-0.15, -0.1) is 0 Å². The van der Waals surface area contributed by atoms with Crippen molar-refractivity contribution in [1.29, 1.82) is 0 Å². The topological polar surface area (TPSA) is 110 Å². The van der Waals surface area contributed by atoms with E-state index in [2.05, 4.69) is 5.32 Å². The predicted molar refractivity (Wildman–Crippen MR) is 119 cm³/mol. The molecular weight excluding hydrogens is 432 g/mol. The fourth-order valence-electron chi connectivity index (χ4n) is 3.63. The number of Topliss-reactive ketones (excluding diaryl/α,β-unsaturated/α-hetero) is 1. The Balaban J connectivity index is 1.60. The maximum absolute atomic E-state index is 12.9. The number of hydrogen-bond donors (Lipinski definition) is 1. The number of esters is 1. The molecule has 0 aliphatic carbocycles. The van der Waals surface area contributed by atoms with Gasteiger partial charge in [-0.25, -0.2) is 13.2 Å². The van der Waals surface area contributed by atoms with E-state index >= 15 is 0 Å². The van der Waals surface area contributed by atoms with Crippen LogP contribution in [-0.4, -0.2) is 49.6 Å². The minimum Gasteiger partial charge on any atom is -0.452 e. The van der Waals surface area contributed by atoms with Gasteiger partial charge < -0.3 is 10.1 Å². The lowest BCUT2D eigenvalue weighted by molar-refractivity contribution is -0.119. The van der Waals surface area contributed by atoms with Gasteiger partial charge in [0.15, 0.2) is 12.4 Å². The van der Waals surface area contributed by atoms with Crippen molar-refractivity contribution in [1.82, 2.24) is 4.31 Å². The van der Waals surface area contributed by atoms with Crippen molar-refractivity contribution in [2.45, 2.75) is 44.0 Å². The van der Waals surface area contributed by atoms with E-state index in [1.165, 1.54) is 35.5 Å². The van der Waals surface area contributed by atoms with Gasteiger partial charge in [0, 0.05) is 18.2 Å². The molecule has 1 saturated heterocycles. The van der Waals surface area contributed by atoms with E-state index in [-0.39, 0.29) is 22.3 Å². The molecule has 0 aromatic heterocycles. The van der Waals surface area contributed by atoms with E-state index in [0.717, 1.165) is 19.3 Å². The van der Waals surface area contributed by atoms with Crippen LogP contribution in [0.5, 0.6) is 0 Å². The standard InChI is InChI=1S/C23H26N2O6S/c1-16-7-5-6-14-25(16)32(29,30)19-12-10-18(11-13-19)23(28)31-15-22(27)24-21-9-4-3-8-20(21)17(2)26/h3-4,8-13,16H,5-7,14-15H2,1-2H3,(H,24,27). The van der Waals surface area contributed by atoms with Gasteiger partial charge >= 0.3 is 5.97 Å². The number of amides is 1. The summed E-state index contributed by atoms with van der Waals surface area (Å²) in [6.07, 6.45) is 2.65. The highest BCUT2D eigenvalue weighted by Crippen LogP contribution is 2.25. The van der Waals surface area contributed by atoms with E-state index in [0.29, 0.717) is 17.8 Å². The van der Waals surface area contributed by atoms with E-state index in [4.69, 9.17) is 4.74 Å². The summed E-state index contributed by atoms with van der Waals surface area (Å²) < 4.78 is 32.3. The highest BCUT2D eigenvalue weighted by Gasteiger charge is 2.31. The number of anilines is 1. The number of carbonyl (C=O) groups excluding carboxylic acids is 3. The predicted octanol–water partition coefficient (Wildman–Crippen LogP) is 3.25. The maximum atomic E-state index is 12.9. The second-order valence-corrected chi connectivity index (χ2v) is 9.60. The molecule has 1 N–H and O–H groups in total. The number of carbonyl (C=O) groups is 3. The van der Waals surface area contributed by atoms with Crippen molar-refractivity contribution in [2.75, 3.05) is 18.5 Å². The number of para-hydroxylation sites is 1. The van der Waals surface area contributed by atoms with Crippen LogP contribution in [0.25, 0.3) is 0 Å². The molecule has 1 amide bonds. The number of piperidine rings is 1. The number of hydrogen-bond acceptors (Lipinski definition) is 6. The lowest BCUT2D eigenvalue weighted by Gasteiger charge is -2.32. The molecule has 1 aliphatic heterocycles. The first-order valence-electron chi connectivity index (χ1n) is 10.4. The molecule has 1 unspecified atom stereocenters. The Hall–Kier alpha value is -3.04. The summed E-state index contributed by atoms with van der Waals surface area (Å²) >= 11 is 0. The normalized spacial score (nSPS) is 16.9. The number of ketones is 1. The minimum absolute atomic E-state index is 0.0648. The zero-order valence-electron chi connectivity index (χ0n) is 18.0. The van der Waals surface area contributed by atoms with Gasteiger partial charge in [-0.3, -0.25) is 9.59 Å². The molecular formula is C23H26N2O6S. The fraction of sp³-hybridized carbons (Fsp3) is 0.348. The highest BCUT2D eigenvalue weighted by atomic mass is 32.2. The van der Waals surface area contributed by atoms with Gasteiger partial charge in [0.25, 0.3) is 5.91 Å². The van der Waals surface area contributed by atoms with Crippen molar-refractivity contribution in [3.8, 4) is 0 Å². The smallest absolute Gasteiger partial charge is 0.338 e. The summed E-state index contributed by atoms with van der Waals surface area (Å²) in [5, 5.41) is 2.55. The van der Waals surface area contributed by atoms with Crippen molar-refractivity contribution in [3.05, 3.63) is 59.7 Å². The van der Waals surface area contributed by atoms with E-state index < -0.39 is 28.5 Å². The largest absolute Gasteiger partial charge is 0.452 e. The summed E-state index contributed by atoms with van der Waals surface area (Å²) in [6.45, 7) is 3.22. The highest BCUT2D eigenvalue weighted by molar-refractivity contribution is 7.89. The Morgan fingerprint density at radius 2 is 1.75 bits per heavy atom. The lowest BCUT2D eigenvalue weighted by Crippen LogP contribution is -2.41. The average molecular weight is 459 g/mol. The Morgan fingerprint density at radius 3 is 2.41 bits per heavy atom. The molecule has 1 aliphatic rings. The number of nitrogens with one attached hydrogen (secondary N) is 1. The third kappa shape index (κ3) is 5.41. The number of nitrogens with zero attached hydrogens (tertiary/aromatic N) is 1. The first-order chi connectivity index (χ1) is 15.2. The molecule has 3 rings (SSSR count). The third-order valence-electron chi connectivity index (χ3n) is 5.35. The summed E-state index contributed by atoms with van der Waals surface area (Å²) in [7, 11) is -3.64. The number of ether oxygens (including phenoxy) is 1. The maximum Gasteiger partial charge on any atom is 0.338 e. The van der Waals surface area contributed by atoms with Crippen molar-refractivity contribution in [2.24, 2.45) is 0 Å². The first-order valence-corrected chi connectivity index (χ1v) is 11.8. The van der Waals surface area contributed by atoms with Crippen LogP contribution in [0.4, 0.5) is 5.69 Å². The van der Waals surface area contributed by atoms with Crippen LogP contribution in [0.1, 0.15) is 53.8 Å². The average Bonchev–Trinajstić information content (AvgIpc) is 2.78. The summed E-state index contributed by atoms with van der Waals surface area (Å²) in [4.78, 5) is 36.2. The third-order valence-corrected chi connectivity index (χ3v) is 7.38. The molecule has 9 heteroatoms. The second kappa shape index (κ2) is 10.1. The zero-order valence-corrected chi connectivity index (χ0v) is 18.9. The molecule has 1 heterocycles. The van der Waals surface area contributed by atoms with Gasteiger partial charge in [0.05, 0.1) is 16.1 Å². The Labute approximate surface area is 187 Å². The fourth-order valence-corrected chi connectivity index (χ4v) is 5.33. The molecule has 0 saturated carbocycles. The van der Waals surface area contributed by atoms with Crippen LogP contribution in [0.2, 0.25) is 0 Å². The van der Waals surface area contributed by atoms with Crippen LogP contribution < -0.4 is 5.32 Å². The summed E-state index contributed by atoms with van der Waals surface area (Å²) in [5.41, 5.74) is 0.821. The summed E-state index contributed by atoms with van der Waals surface area (Å²) in [6, 6.07) is 11.9. The molecule has 32 heavy (non-hydrogen) atoms. The molecule has 1 atom stereocenters. The SMILES string of the molecule is CC(=O)c1ccccc1NC(=O)COC(=O)c1ccc(S(=O)(=O)N2CCCCC2C)cc1. The number of sulfonamides is 1. The van der Waals surface area contributed by atoms with E-state index in [1.54, 1.807) is 24.3 Å². The van der Waals surface area contributed by atoms with Crippen molar-refractivity contribution < 1.29 is 27.5 Å². The van der Waals surface area contributed by atoms with Crippen LogP contribution in [0.15, 0.2) is 53.4 Å². The van der Waals surface area contributed by atoms with Gasteiger partial charge in [-0.05, 0) is 63.1 Å². The van der Waals surface area contributed by atoms with Crippen molar-refractivity contribution >= 4 is 33.4 Å².